The molecule has 1 atom stereocenters. The molecule has 2 amide bonds. The Kier molecular flexibility index (Phi) is 6.36. The molecule has 0 aliphatic heterocycles. The average Bonchev–Trinajstić information content (AvgIpc) is 3.25. The number of carbonyl (C=O) groups excluding carboxylic acids is 2. The number of aromatic nitrogens is 1. The molecule has 1 unspecified atom stereocenters. The van der Waals surface area contributed by atoms with Crippen molar-refractivity contribution in [2.75, 3.05) is 12.4 Å². The number of nitrogens with one attached hydrogen (secondary N) is 1. The molecule has 1 N–H and O–H groups in total. The highest BCUT2D eigenvalue weighted by Gasteiger charge is 2.25. The molecule has 1 aromatic heterocycles. The first-order valence-electron chi connectivity index (χ1n) is 10.7. The Morgan fingerprint density at radius 3 is 2.30 bits per heavy atom. The SMILES string of the molecule is Cc1oc(-c2ccccc2)nc1C(=O)N(C)C(C)c1cccc(NC(=O)c2ccccc2)c1. The highest BCUT2D eigenvalue weighted by atomic mass is 16.4. The van der Waals surface area contributed by atoms with Crippen LogP contribution in [-0.4, -0.2) is 28.7 Å². The van der Waals surface area contributed by atoms with Gasteiger partial charge in [-0.3, -0.25) is 9.59 Å². The molecule has 0 bridgehead atoms. The molecule has 0 aliphatic carbocycles. The van der Waals surface area contributed by atoms with Crippen molar-refractivity contribution in [2.24, 2.45) is 0 Å². The van der Waals surface area contributed by atoms with Crippen LogP contribution in [0.25, 0.3) is 11.5 Å². The van der Waals surface area contributed by atoms with Crippen LogP contribution < -0.4 is 5.32 Å². The fourth-order valence-corrected chi connectivity index (χ4v) is 3.53. The fourth-order valence-electron chi connectivity index (χ4n) is 3.53. The molecular formula is C27H25N3O3. The van der Waals surface area contributed by atoms with Gasteiger partial charge in [-0.05, 0) is 55.8 Å². The largest absolute Gasteiger partial charge is 0.441 e. The van der Waals surface area contributed by atoms with Crippen LogP contribution in [0.5, 0.6) is 0 Å². The average molecular weight is 440 g/mol. The van der Waals surface area contributed by atoms with E-state index in [1.54, 1.807) is 31.0 Å². The summed E-state index contributed by atoms with van der Waals surface area (Å²) in [5.74, 6) is 0.478. The van der Waals surface area contributed by atoms with Crippen LogP contribution in [0, 0.1) is 6.92 Å². The number of amides is 2. The van der Waals surface area contributed by atoms with Gasteiger partial charge in [0.05, 0.1) is 6.04 Å². The van der Waals surface area contributed by atoms with Gasteiger partial charge < -0.3 is 14.6 Å². The predicted molar refractivity (Wildman–Crippen MR) is 128 cm³/mol. The van der Waals surface area contributed by atoms with Gasteiger partial charge in [-0.1, -0.05) is 48.5 Å². The van der Waals surface area contributed by atoms with Crippen LogP contribution in [0.15, 0.2) is 89.3 Å². The third kappa shape index (κ3) is 4.85. The number of hydrogen-bond donors (Lipinski definition) is 1. The van der Waals surface area contributed by atoms with Gasteiger partial charge in [0.1, 0.15) is 5.76 Å². The molecule has 0 radical (unpaired) electrons. The van der Waals surface area contributed by atoms with Gasteiger partial charge in [0.2, 0.25) is 5.89 Å². The summed E-state index contributed by atoms with van der Waals surface area (Å²) >= 11 is 0. The number of aryl methyl sites for hydroxylation is 1. The zero-order valence-corrected chi connectivity index (χ0v) is 18.8. The zero-order chi connectivity index (χ0) is 23.4. The second kappa shape index (κ2) is 9.53. The Labute approximate surface area is 192 Å². The fraction of sp³-hybridized carbons (Fsp3) is 0.148. The number of nitrogens with zero attached hydrogens (tertiary/aromatic N) is 2. The third-order valence-electron chi connectivity index (χ3n) is 5.58. The minimum absolute atomic E-state index is 0.184. The summed E-state index contributed by atoms with van der Waals surface area (Å²) in [5.41, 5.74) is 3.24. The number of oxazole rings is 1. The molecule has 0 spiro atoms. The van der Waals surface area contributed by atoms with Crippen molar-refractivity contribution in [1.82, 2.24) is 9.88 Å². The van der Waals surface area contributed by atoms with E-state index in [4.69, 9.17) is 4.42 Å². The lowest BCUT2D eigenvalue weighted by molar-refractivity contribution is 0.0735. The number of hydrogen-bond acceptors (Lipinski definition) is 4. The second-order valence-corrected chi connectivity index (χ2v) is 7.83. The Bertz CT molecular complexity index is 1270. The Morgan fingerprint density at radius 1 is 0.939 bits per heavy atom. The summed E-state index contributed by atoms with van der Waals surface area (Å²) < 4.78 is 5.76. The summed E-state index contributed by atoms with van der Waals surface area (Å²) in [6.07, 6.45) is 0. The molecule has 33 heavy (non-hydrogen) atoms. The standard InChI is InChI=1S/C27H25N3O3/c1-18(22-15-10-16-23(17-22)28-25(31)20-11-6-4-7-12-20)30(3)27(32)24-19(2)33-26(29-24)21-13-8-5-9-14-21/h4-18H,1-3H3,(H,28,31). The lowest BCUT2D eigenvalue weighted by Crippen LogP contribution is -2.30. The molecule has 0 fully saturated rings. The van der Waals surface area contributed by atoms with Crippen molar-refractivity contribution >= 4 is 17.5 Å². The summed E-state index contributed by atoms with van der Waals surface area (Å²) in [4.78, 5) is 31.8. The van der Waals surface area contributed by atoms with E-state index < -0.39 is 0 Å². The third-order valence-corrected chi connectivity index (χ3v) is 5.58. The Morgan fingerprint density at radius 2 is 1.61 bits per heavy atom. The minimum atomic E-state index is -0.248. The van der Waals surface area contributed by atoms with Crippen LogP contribution in [-0.2, 0) is 0 Å². The monoisotopic (exact) mass is 439 g/mol. The molecule has 0 saturated heterocycles. The van der Waals surface area contributed by atoms with Gasteiger partial charge in [0.15, 0.2) is 5.69 Å². The van der Waals surface area contributed by atoms with Crippen molar-refractivity contribution in [3.63, 3.8) is 0 Å². The Hall–Kier alpha value is -4.19. The number of benzene rings is 3. The smallest absolute Gasteiger partial charge is 0.276 e. The molecule has 0 saturated carbocycles. The molecule has 4 rings (SSSR count). The predicted octanol–water partition coefficient (Wildman–Crippen LogP) is 5.74. The maximum absolute atomic E-state index is 13.2. The van der Waals surface area contributed by atoms with Gasteiger partial charge in [-0.2, -0.15) is 0 Å². The first-order chi connectivity index (χ1) is 15.9. The van der Waals surface area contributed by atoms with Gasteiger partial charge >= 0.3 is 0 Å². The molecule has 166 valence electrons. The van der Waals surface area contributed by atoms with E-state index in [0.717, 1.165) is 11.1 Å². The first-order valence-corrected chi connectivity index (χ1v) is 10.7. The molecule has 6 nitrogen and oxygen atoms in total. The topological polar surface area (TPSA) is 75.4 Å². The molecule has 3 aromatic carbocycles. The Balaban J connectivity index is 1.51. The second-order valence-electron chi connectivity index (χ2n) is 7.83. The van der Waals surface area contributed by atoms with Crippen LogP contribution in [0.3, 0.4) is 0 Å². The van der Waals surface area contributed by atoms with Crippen molar-refractivity contribution in [1.29, 1.82) is 0 Å². The van der Waals surface area contributed by atoms with E-state index in [-0.39, 0.29) is 23.6 Å². The first kappa shape index (κ1) is 22.0. The molecule has 6 heteroatoms. The number of rotatable bonds is 6. The number of carbonyl (C=O) groups is 2. The highest BCUT2D eigenvalue weighted by molar-refractivity contribution is 6.04. The molecule has 1 heterocycles. The van der Waals surface area contributed by atoms with Crippen molar-refractivity contribution < 1.29 is 14.0 Å². The minimum Gasteiger partial charge on any atom is -0.441 e. The van der Waals surface area contributed by atoms with Crippen molar-refractivity contribution in [3.05, 3.63) is 108 Å². The van der Waals surface area contributed by atoms with Crippen LogP contribution >= 0.6 is 0 Å². The quantitative estimate of drug-likeness (QED) is 0.416. The van der Waals surface area contributed by atoms with E-state index in [0.29, 0.717) is 22.9 Å². The molecular weight excluding hydrogens is 414 g/mol. The lowest BCUT2D eigenvalue weighted by atomic mass is 10.1. The number of anilines is 1. The van der Waals surface area contributed by atoms with E-state index in [9.17, 15) is 9.59 Å². The van der Waals surface area contributed by atoms with E-state index in [2.05, 4.69) is 10.3 Å². The van der Waals surface area contributed by atoms with Crippen molar-refractivity contribution in [2.45, 2.75) is 19.9 Å². The maximum Gasteiger partial charge on any atom is 0.276 e. The summed E-state index contributed by atoms with van der Waals surface area (Å²) in [5, 5.41) is 2.91. The van der Waals surface area contributed by atoms with E-state index in [1.165, 1.54) is 0 Å². The summed E-state index contributed by atoms with van der Waals surface area (Å²) in [7, 11) is 1.73. The normalized spacial score (nSPS) is 11.6. The van der Waals surface area contributed by atoms with Gasteiger partial charge in [0, 0.05) is 23.9 Å². The van der Waals surface area contributed by atoms with Crippen LogP contribution in [0.1, 0.15) is 45.1 Å². The van der Waals surface area contributed by atoms with Crippen LogP contribution in [0.4, 0.5) is 5.69 Å². The lowest BCUT2D eigenvalue weighted by Gasteiger charge is -2.25. The highest BCUT2D eigenvalue weighted by Crippen LogP contribution is 2.26. The zero-order valence-electron chi connectivity index (χ0n) is 18.8. The van der Waals surface area contributed by atoms with Gasteiger partial charge in [-0.15, -0.1) is 0 Å². The van der Waals surface area contributed by atoms with Crippen molar-refractivity contribution in [3.8, 4) is 11.5 Å². The van der Waals surface area contributed by atoms with Gasteiger partial charge in [0.25, 0.3) is 11.8 Å². The van der Waals surface area contributed by atoms with Crippen LogP contribution in [0.2, 0.25) is 0 Å². The molecule has 0 aliphatic rings. The van der Waals surface area contributed by atoms with Gasteiger partial charge in [-0.25, -0.2) is 4.98 Å². The van der Waals surface area contributed by atoms with E-state index >= 15 is 0 Å². The molecule has 4 aromatic rings. The summed E-state index contributed by atoms with van der Waals surface area (Å²) in [6.45, 7) is 3.68. The summed E-state index contributed by atoms with van der Waals surface area (Å²) in [6, 6.07) is 25.8. The maximum atomic E-state index is 13.2. The van der Waals surface area contributed by atoms with E-state index in [1.807, 2.05) is 79.7 Å².